The normalized spacial score (nSPS) is 10.6. The van der Waals surface area contributed by atoms with Crippen molar-refractivity contribution < 1.29 is 0 Å². The molecule has 1 heterocycles. The Balaban J connectivity index is 2.87. The summed E-state index contributed by atoms with van der Waals surface area (Å²) in [5.41, 5.74) is 0.982. The molecule has 0 radical (unpaired) electrons. The van der Waals surface area contributed by atoms with Gasteiger partial charge in [-0.1, -0.05) is 0 Å². The SMILES string of the molecule is Cc1ccnc(N(CCCl)C(C)C)n1. The Bertz CT molecular complexity index is 288. The van der Waals surface area contributed by atoms with Gasteiger partial charge in [-0.25, -0.2) is 9.97 Å². The summed E-state index contributed by atoms with van der Waals surface area (Å²) < 4.78 is 0. The Labute approximate surface area is 90.1 Å². The highest BCUT2D eigenvalue weighted by Crippen LogP contribution is 2.10. The largest absolute Gasteiger partial charge is 0.337 e. The standard InChI is InChI=1S/C10H16ClN3/c1-8(2)14(7-5-11)10-12-6-4-9(3)13-10/h4,6,8H,5,7H2,1-3H3. The highest BCUT2D eigenvalue weighted by atomic mass is 35.5. The van der Waals surface area contributed by atoms with Crippen LogP contribution in [0.1, 0.15) is 19.5 Å². The predicted molar refractivity (Wildman–Crippen MR) is 60.0 cm³/mol. The fourth-order valence-corrected chi connectivity index (χ4v) is 1.44. The molecule has 3 nitrogen and oxygen atoms in total. The van der Waals surface area contributed by atoms with Crippen LogP contribution in [0.25, 0.3) is 0 Å². The number of anilines is 1. The quantitative estimate of drug-likeness (QED) is 0.719. The third-order valence-electron chi connectivity index (χ3n) is 1.99. The molecule has 0 aromatic carbocycles. The number of rotatable bonds is 4. The van der Waals surface area contributed by atoms with E-state index in [1.54, 1.807) is 6.20 Å². The van der Waals surface area contributed by atoms with Gasteiger partial charge in [-0.2, -0.15) is 0 Å². The first kappa shape index (κ1) is 11.2. The molecule has 0 atom stereocenters. The van der Waals surface area contributed by atoms with E-state index < -0.39 is 0 Å². The third kappa shape index (κ3) is 2.84. The van der Waals surface area contributed by atoms with Crippen molar-refractivity contribution >= 4 is 17.5 Å². The first-order valence-corrected chi connectivity index (χ1v) is 5.31. The maximum atomic E-state index is 5.73. The van der Waals surface area contributed by atoms with Crippen LogP contribution in [0.4, 0.5) is 5.95 Å². The zero-order chi connectivity index (χ0) is 10.6. The minimum atomic E-state index is 0.371. The third-order valence-corrected chi connectivity index (χ3v) is 2.16. The Kier molecular flexibility index (Phi) is 4.14. The van der Waals surface area contributed by atoms with Crippen LogP contribution in [0, 0.1) is 6.92 Å². The van der Waals surface area contributed by atoms with Gasteiger partial charge in [0.1, 0.15) is 0 Å². The van der Waals surface area contributed by atoms with Gasteiger partial charge < -0.3 is 4.90 Å². The maximum absolute atomic E-state index is 5.73. The molecule has 4 heteroatoms. The second-order valence-electron chi connectivity index (χ2n) is 3.47. The van der Waals surface area contributed by atoms with Crippen molar-refractivity contribution in [2.45, 2.75) is 26.8 Å². The highest BCUT2D eigenvalue weighted by molar-refractivity contribution is 6.18. The van der Waals surface area contributed by atoms with Crippen molar-refractivity contribution in [2.24, 2.45) is 0 Å². The molecule has 0 saturated carbocycles. The predicted octanol–water partition coefficient (Wildman–Crippen LogP) is 2.24. The summed E-state index contributed by atoms with van der Waals surface area (Å²) in [5, 5.41) is 0. The molecule has 0 amide bonds. The summed E-state index contributed by atoms with van der Waals surface area (Å²) in [6.07, 6.45) is 1.78. The van der Waals surface area contributed by atoms with Gasteiger partial charge in [0.2, 0.25) is 5.95 Å². The van der Waals surface area contributed by atoms with Gasteiger partial charge in [0.05, 0.1) is 0 Å². The van der Waals surface area contributed by atoms with Crippen molar-refractivity contribution in [1.29, 1.82) is 0 Å². The maximum Gasteiger partial charge on any atom is 0.225 e. The number of hydrogen-bond donors (Lipinski definition) is 0. The highest BCUT2D eigenvalue weighted by Gasteiger charge is 2.11. The molecule has 78 valence electrons. The Hall–Kier alpha value is -0.830. The molecule has 1 aromatic rings. The lowest BCUT2D eigenvalue weighted by molar-refractivity contribution is 0.681. The van der Waals surface area contributed by atoms with E-state index in [0.717, 1.165) is 18.2 Å². The van der Waals surface area contributed by atoms with Gasteiger partial charge in [-0.15, -0.1) is 11.6 Å². The molecule has 0 unspecified atom stereocenters. The molecule has 0 aliphatic heterocycles. The minimum Gasteiger partial charge on any atom is -0.337 e. The summed E-state index contributed by atoms with van der Waals surface area (Å²) in [6.45, 7) is 6.96. The van der Waals surface area contributed by atoms with E-state index in [9.17, 15) is 0 Å². The number of hydrogen-bond acceptors (Lipinski definition) is 3. The van der Waals surface area contributed by atoms with Crippen LogP contribution in [0.15, 0.2) is 12.3 Å². The number of nitrogens with zero attached hydrogens (tertiary/aromatic N) is 3. The molecule has 0 saturated heterocycles. The smallest absolute Gasteiger partial charge is 0.225 e. The number of halogens is 1. The molecular weight excluding hydrogens is 198 g/mol. The van der Waals surface area contributed by atoms with Crippen LogP contribution >= 0.6 is 11.6 Å². The summed E-state index contributed by atoms with van der Waals surface area (Å²) in [5.74, 6) is 1.36. The summed E-state index contributed by atoms with van der Waals surface area (Å²) in [6, 6.07) is 2.26. The first-order chi connectivity index (χ1) is 6.65. The van der Waals surface area contributed by atoms with Crippen molar-refractivity contribution in [3.05, 3.63) is 18.0 Å². The van der Waals surface area contributed by atoms with Crippen molar-refractivity contribution in [2.75, 3.05) is 17.3 Å². The van der Waals surface area contributed by atoms with Gasteiger partial charge in [-0.3, -0.25) is 0 Å². The van der Waals surface area contributed by atoms with Gasteiger partial charge in [0.25, 0.3) is 0 Å². The molecule has 0 aliphatic carbocycles. The van der Waals surface area contributed by atoms with E-state index in [0.29, 0.717) is 11.9 Å². The Morgan fingerprint density at radius 3 is 2.71 bits per heavy atom. The topological polar surface area (TPSA) is 29.0 Å². The molecule has 0 N–H and O–H groups in total. The number of aryl methyl sites for hydroxylation is 1. The minimum absolute atomic E-state index is 0.371. The summed E-state index contributed by atoms with van der Waals surface area (Å²) in [7, 11) is 0. The molecule has 0 fully saturated rings. The molecule has 14 heavy (non-hydrogen) atoms. The van der Waals surface area contributed by atoms with Gasteiger partial charge >= 0.3 is 0 Å². The van der Waals surface area contributed by atoms with Crippen LogP contribution in [-0.2, 0) is 0 Å². The lowest BCUT2D eigenvalue weighted by Crippen LogP contribution is -2.34. The van der Waals surface area contributed by atoms with E-state index in [1.807, 2.05) is 13.0 Å². The van der Waals surface area contributed by atoms with Gasteiger partial charge in [0.15, 0.2) is 0 Å². The first-order valence-electron chi connectivity index (χ1n) is 4.77. The molecule has 0 spiro atoms. The second kappa shape index (κ2) is 5.15. The Morgan fingerprint density at radius 2 is 2.21 bits per heavy atom. The lowest BCUT2D eigenvalue weighted by Gasteiger charge is -2.25. The van der Waals surface area contributed by atoms with E-state index in [1.165, 1.54) is 0 Å². The van der Waals surface area contributed by atoms with Crippen LogP contribution in [0.2, 0.25) is 0 Å². The van der Waals surface area contributed by atoms with E-state index >= 15 is 0 Å². The van der Waals surface area contributed by atoms with Crippen LogP contribution in [0.5, 0.6) is 0 Å². The number of alkyl halides is 1. The number of aromatic nitrogens is 2. The van der Waals surface area contributed by atoms with Crippen LogP contribution < -0.4 is 4.90 Å². The molecule has 0 bridgehead atoms. The average molecular weight is 214 g/mol. The molecule has 1 rings (SSSR count). The van der Waals surface area contributed by atoms with Gasteiger partial charge in [0, 0.05) is 30.4 Å². The zero-order valence-corrected chi connectivity index (χ0v) is 9.62. The van der Waals surface area contributed by atoms with E-state index in [4.69, 9.17) is 11.6 Å². The molecule has 1 aromatic heterocycles. The molecular formula is C10H16ClN3. The van der Waals surface area contributed by atoms with Crippen molar-refractivity contribution in [3.8, 4) is 0 Å². The zero-order valence-electron chi connectivity index (χ0n) is 8.87. The second-order valence-corrected chi connectivity index (χ2v) is 3.85. The summed E-state index contributed by atoms with van der Waals surface area (Å²) >= 11 is 5.73. The average Bonchev–Trinajstić information content (AvgIpc) is 2.13. The van der Waals surface area contributed by atoms with Crippen LogP contribution in [0.3, 0.4) is 0 Å². The molecule has 0 aliphatic rings. The van der Waals surface area contributed by atoms with Crippen LogP contribution in [-0.4, -0.2) is 28.4 Å². The monoisotopic (exact) mass is 213 g/mol. The van der Waals surface area contributed by atoms with Gasteiger partial charge in [-0.05, 0) is 26.8 Å². The fourth-order valence-electron chi connectivity index (χ4n) is 1.25. The van der Waals surface area contributed by atoms with E-state index in [-0.39, 0.29) is 0 Å². The lowest BCUT2D eigenvalue weighted by atomic mass is 10.3. The summed E-state index contributed by atoms with van der Waals surface area (Å²) in [4.78, 5) is 10.7. The Morgan fingerprint density at radius 1 is 1.50 bits per heavy atom. The fraction of sp³-hybridized carbons (Fsp3) is 0.600. The van der Waals surface area contributed by atoms with E-state index in [2.05, 4.69) is 28.7 Å². The van der Waals surface area contributed by atoms with Crippen molar-refractivity contribution in [3.63, 3.8) is 0 Å². The van der Waals surface area contributed by atoms with Crippen molar-refractivity contribution in [1.82, 2.24) is 9.97 Å².